The first kappa shape index (κ1) is 15.3. The predicted octanol–water partition coefficient (Wildman–Crippen LogP) is 1.69. The minimum absolute atomic E-state index is 0.185. The quantitative estimate of drug-likeness (QED) is 0.662. The predicted molar refractivity (Wildman–Crippen MR) is 71.4 cm³/mol. The molecule has 1 atom stereocenters. The summed E-state index contributed by atoms with van der Waals surface area (Å²) in [6.45, 7) is 1.15. The highest BCUT2D eigenvalue weighted by atomic mass is 35.5. The fourth-order valence-corrected chi connectivity index (χ4v) is 1.57. The molecule has 0 saturated carbocycles. The maximum atomic E-state index is 11.6. The highest BCUT2D eigenvalue weighted by molar-refractivity contribution is 6.33. The number of aliphatic carboxylic acids is 1. The topological polar surface area (TPSA) is 98.7 Å². The Balaban J connectivity index is 2.49. The average Bonchev–Trinajstić information content (AvgIpc) is 2.28. The summed E-state index contributed by atoms with van der Waals surface area (Å²) in [5.41, 5.74) is -1.08. The molecule has 1 rings (SSSR count). The number of rotatable bonds is 5. The molecule has 19 heavy (non-hydrogen) atoms. The van der Waals surface area contributed by atoms with Crippen LogP contribution in [0.25, 0.3) is 0 Å². The molecule has 0 fully saturated rings. The van der Waals surface area contributed by atoms with Gasteiger partial charge >= 0.3 is 12.0 Å². The van der Waals surface area contributed by atoms with Crippen LogP contribution in [0.5, 0.6) is 0 Å². The van der Waals surface area contributed by atoms with Crippen molar-refractivity contribution in [3.8, 4) is 0 Å². The lowest BCUT2D eigenvalue weighted by molar-refractivity contribution is -0.141. The minimum atomic E-state index is -1.51. The molecular formula is C12H15ClN2O4. The van der Waals surface area contributed by atoms with Crippen molar-refractivity contribution in [2.45, 2.75) is 18.9 Å². The van der Waals surface area contributed by atoms with Crippen LogP contribution < -0.4 is 10.6 Å². The third-order valence-electron chi connectivity index (χ3n) is 2.28. The van der Waals surface area contributed by atoms with Crippen molar-refractivity contribution in [1.29, 1.82) is 0 Å². The van der Waals surface area contributed by atoms with Gasteiger partial charge in [-0.15, -0.1) is 0 Å². The fourth-order valence-electron chi connectivity index (χ4n) is 1.39. The van der Waals surface area contributed by atoms with E-state index in [9.17, 15) is 14.7 Å². The molecule has 1 aromatic rings. The van der Waals surface area contributed by atoms with Crippen LogP contribution in [0.15, 0.2) is 24.3 Å². The molecule has 104 valence electrons. The minimum Gasteiger partial charge on any atom is -0.481 e. The van der Waals surface area contributed by atoms with Crippen molar-refractivity contribution >= 4 is 29.3 Å². The maximum absolute atomic E-state index is 11.6. The first-order valence-electron chi connectivity index (χ1n) is 5.54. The summed E-state index contributed by atoms with van der Waals surface area (Å²) >= 11 is 5.86. The normalized spacial score (nSPS) is 13.4. The molecule has 2 amide bonds. The second-order valence-corrected chi connectivity index (χ2v) is 4.76. The fraction of sp³-hybridized carbons (Fsp3) is 0.333. The highest BCUT2D eigenvalue weighted by Gasteiger charge is 2.24. The van der Waals surface area contributed by atoms with Gasteiger partial charge in [-0.2, -0.15) is 0 Å². The molecular weight excluding hydrogens is 272 g/mol. The summed E-state index contributed by atoms with van der Waals surface area (Å²) in [7, 11) is 0. The highest BCUT2D eigenvalue weighted by Crippen LogP contribution is 2.20. The van der Waals surface area contributed by atoms with Crippen molar-refractivity contribution in [3.05, 3.63) is 29.3 Å². The molecule has 1 aromatic carbocycles. The number of hydrogen-bond acceptors (Lipinski definition) is 3. The summed E-state index contributed by atoms with van der Waals surface area (Å²) in [5, 5.41) is 23.5. The average molecular weight is 287 g/mol. The van der Waals surface area contributed by atoms with Gasteiger partial charge in [-0.05, 0) is 19.1 Å². The molecule has 0 spiro atoms. The van der Waals surface area contributed by atoms with E-state index >= 15 is 0 Å². The van der Waals surface area contributed by atoms with Gasteiger partial charge in [-0.3, -0.25) is 4.79 Å². The van der Waals surface area contributed by atoms with E-state index in [0.29, 0.717) is 10.7 Å². The zero-order valence-corrected chi connectivity index (χ0v) is 11.1. The summed E-state index contributed by atoms with van der Waals surface area (Å²) in [5.74, 6) is -1.14. The molecule has 7 heteroatoms. The molecule has 0 bridgehead atoms. The number of anilines is 1. The maximum Gasteiger partial charge on any atom is 0.319 e. The SMILES string of the molecule is CC(O)(CNC(=O)Nc1ccccc1Cl)CC(=O)O. The largest absolute Gasteiger partial charge is 0.481 e. The van der Waals surface area contributed by atoms with Crippen LogP contribution in [-0.2, 0) is 4.79 Å². The van der Waals surface area contributed by atoms with Gasteiger partial charge in [0.1, 0.15) is 0 Å². The van der Waals surface area contributed by atoms with E-state index in [1.165, 1.54) is 6.92 Å². The van der Waals surface area contributed by atoms with Crippen LogP contribution in [-0.4, -0.2) is 34.4 Å². The third kappa shape index (κ3) is 5.58. The summed E-state index contributed by atoms with van der Waals surface area (Å²) in [4.78, 5) is 22.0. The Morgan fingerprint density at radius 1 is 1.37 bits per heavy atom. The lowest BCUT2D eigenvalue weighted by atomic mass is 10.0. The molecule has 0 radical (unpaired) electrons. The van der Waals surface area contributed by atoms with Crippen molar-refractivity contribution in [1.82, 2.24) is 5.32 Å². The van der Waals surface area contributed by atoms with Crippen LogP contribution in [0.2, 0.25) is 5.02 Å². The van der Waals surface area contributed by atoms with Crippen LogP contribution >= 0.6 is 11.6 Å². The van der Waals surface area contributed by atoms with Crippen molar-refractivity contribution in [2.24, 2.45) is 0 Å². The molecule has 0 aromatic heterocycles. The molecule has 0 aliphatic rings. The zero-order valence-electron chi connectivity index (χ0n) is 10.3. The van der Waals surface area contributed by atoms with Gasteiger partial charge in [0, 0.05) is 6.54 Å². The Bertz CT molecular complexity index is 477. The van der Waals surface area contributed by atoms with E-state index in [2.05, 4.69) is 10.6 Å². The van der Waals surface area contributed by atoms with Gasteiger partial charge in [0.25, 0.3) is 0 Å². The van der Waals surface area contributed by atoms with Gasteiger partial charge in [0.05, 0.1) is 22.7 Å². The summed E-state index contributed by atoms with van der Waals surface area (Å²) < 4.78 is 0. The first-order valence-corrected chi connectivity index (χ1v) is 5.91. The van der Waals surface area contributed by atoms with Crippen LogP contribution in [0.1, 0.15) is 13.3 Å². The number of nitrogens with one attached hydrogen (secondary N) is 2. The van der Waals surface area contributed by atoms with E-state index in [0.717, 1.165) is 0 Å². The van der Waals surface area contributed by atoms with E-state index in [-0.39, 0.29) is 6.54 Å². The number of halogens is 1. The lowest BCUT2D eigenvalue weighted by Crippen LogP contribution is -2.43. The number of benzene rings is 1. The van der Waals surface area contributed by atoms with Crippen LogP contribution in [0.4, 0.5) is 10.5 Å². The number of carboxylic acids is 1. The summed E-state index contributed by atoms with van der Waals surface area (Å²) in [6.07, 6.45) is -0.459. The molecule has 0 saturated heterocycles. The van der Waals surface area contributed by atoms with Gasteiger partial charge in [-0.1, -0.05) is 23.7 Å². The molecule has 1 unspecified atom stereocenters. The Morgan fingerprint density at radius 3 is 2.58 bits per heavy atom. The lowest BCUT2D eigenvalue weighted by Gasteiger charge is -2.21. The van der Waals surface area contributed by atoms with Crippen molar-refractivity contribution in [3.63, 3.8) is 0 Å². The Morgan fingerprint density at radius 2 is 2.00 bits per heavy atom. The second-order valence-electron chi connectivity index (χ2n) is 4.35. The Kier molecular flexibility index (Phi) is 5.14. The van der Waals surface area contributed by atoms with Crippen LogP contribution in [0, 0.1) is 0 Å². The van der Waals surface area contributed by atoms with E-state index in [4.69, 9.17) is 16.7 Å². The van der Waals surface area contributed by atoms with Gasteiger partial charge in [0.15, 0.2) is 0 Å². The van der Waals surface area contributed by atoms with Crippen LogP contribution in [0.3, 0.4) is 0 Å². The van der Waals surface area contributed by atoms with E-state index in [1.54, 1.807) is 24.3 Å². The monoisotopic (exact) mass is 286 g/mol. The number of carbonyl (C=O) groups excluding carboxylic acids is 1. The number of amides is 2. The van der Waals surface area contributed by atoms with Gasteiger partial charge in [0.2, 0.25) is 0 Å². The molecule has 0 heterocycles. The number of carbonyl (C=O) groups is 2. The zero-order chi connectivity index (χ0) is 14.5. The summed E-state index contributed by atoms with van der Waals surface area (Å²) in [6, 6.07) is 6.11. The van der Waals surface area contributed by atoms with Crippen molar-refractivity contribution in [2.75, 3.05) is 11.9 Å². The van der Waals surface area contributed by atoms with E-state index < -0.39 is 24.0 Å². The van der Waals surface area contributed by atoms with Crippen molar-refractivity contribution < 1.29 is 19.8 Å². The standard InChI is InChI=1S/C12H15ClN2O4/c1-12(19,6-10(16)17)7-14-11(18)15-9-5-3-2-4-8(9)13/h2-5,19H,6-7H2,1H3,(H,16,17)(H2,14,15,18). The molecule has 0 aliphatic heterocycles. The number of carboxylic acid groups (broad SMARTS) is 1. The number of urea groups is 1. The molecule has 0 aliphatic carbocycles. The van der Waals surface area contributed by atoms with Gasteiger partial charge in [-0.25, -0.2) is 4.79 Å². The Hall–Kier alpha value is -1.79. The van der Waals surface area contributed by atoms with Gasteiger partial charge < -0.3 is 20.8 Å². The molecule has 4 N–H and O–H groups in total. The number of aliphatic hydroxyl groups is 1. The second kappa shape index (κ2) is 6.40. The number of hydrogen-bond donors (Lipinski definition) is 4. The Labute approximate surface area is 115 Å². The number of para-hydroxylation sites is 1. The molecule has 6 nitrogen and oxygen atoms in total. The smallest absolute Gasteiger partial charge is 0.319 e. The van der Waals surface area contributed by atoms with E-state index in [1.807, 2.05) is 0 Å². The first-order chi connectivity index (χ1) is 8.80. The third-order valence-corrected chi connectivity index (χ3v) is 2.61.